The van der Waals surface area contributed by atoms with Crippen molar-refractivity contribution in [1.29, 1.82) is 0 Å². The monoisotopic (exact) mass is 358 g/mol. The summed E-state index contributed by atoms with van der Waals surface area (Å²) in [7, 11) is -3.18. The predicted molar refractivity (Wildman–Crippen MR) is 94.6 cm³/mol. The number of aryl methyl sites for hydroxylation is 2. The Morgan fingerprint density at radius 2 is 2.00 bits per heavy atom. The summed E-state index contributed by atoms with van der Waals surface area (Å²) in [5.41, 5.74) is 1.24. The molecule has 2 rings (SSSR count). The van der Waals surface area contributed by atoms with Crippen LogP contribution in [0.15, 0.2) is 6.07 Å². The number of carbonyl (C=O) groups is 1. The lowest BCUT2D eigenvalue weighted by molar-refractivity contribution is 0.0716. The molecule has 1 aromatic heterocycles. The van der Waals surface area contributed by atoms with E-state index in [4.69, 9.17) is 0 Å². The molecule has 5 nitrogen and oxygen atoms in total. The Kier molecular flexibility index (Phi) is 6.22. The van der Waals surface area contributed by atoms with Gasteiger partial charge in [0.1, 0.15) is 0 Å². The van der Waals surface area contributed by atoms with Crippen LogP contribution in [0.3, 0.4) is 0 Å². The molecular weight excluding hydrogens is 332 g/mol. The number of nitrogens with zero attached hydrogens (tertiary/aromatic N) is 1. The number of amides is 1. The molecular formula is C16H26N2O3S2. The highest BCUT2D eigenvalue weighted by atomic mass is 32.2. The van der Waals surface area contributed by atoms with Gasteiger partial charge in [-0.1, -0.05) is 13.8 Å². The number of hydrogen-bond acceptors (Lipinski definition) is 4. The number of nitrogens with one attached hydrogen (secondary N) is 1. The van der Waals surface area contributed by atoms with Crippen molar-refractivity contribution in [3.05, 3.63) is 21.4 Å². The number of thiophene rings is 1. The summed E-state index contributed by atoms with van der Waals surface area (Å²) in [6.07, 6.45) is 2.92. The summed E-state index contributed by atoms with van der Waals surface area (Å²) in [5, 5.41) is 0. The van der Waals surface area contributed by atoms with Gasteiger partial charge in [-0.2, -0.15) is 0 Å². The minimum Gasteiger partial charge on any atom is -0.338 e. The molecule has 0 spiro atoms. The molecule has 23 heavy (non-hydrogen) atoms. The summed E-state index contributed by atoms with van der Waals surface area (Å²) in [5.74, 6) is 0.244. The van der Waals surface area contributed by atoms with E-state index in [0.29, 0.717) is 32.4 Å². The lowest BCUT2D eigenvalue weighted by Crippen LogP contribution is -2.46. The normalized spacial score (nSPS) is 16.7. The molecule has 1 aliphatic rings. The lowest BCUT2D eigenvalue weighted by atomic mass is 10.1. The number of sulfonamides is 1. The van der Waals surface area contributed by atoms with E-state index in [1.807, 2.05) is 17.9 Å². The predicted octanol–water partition coefficient (Wildman–Crippen LogP) is 2.55. The van der Waals surface area contributed by atoms with Gasteiger partial charge in [-0.3, -0.25) is 4.79 Å². The van der Waals surface area contributed by atoms with Gasteiger partial charge in [-0.15, -0.1) is 11.3 Å². The summed E-state index contributed by atoms with van der Waals surface area (Å²) >= 11 is 1.56. The van der Waals surface area contributed by atoms with E-state index in [-0.39, 0.29) is 17.7 Å². The largest absolute Gasteiger partial charge is 0.338 e. The van der Waals surface area contributed by atoms with Crippen molar-refractivity contribution in [3.8, 4) is 0 Å². The molecule has 0 saturated carbocycles. The SMILES string of the molecule is CCCS(=O)(=O)NC1CCN(C(=O)c2cc(CC)c(C)s2)CC1. The van der Waals surface area contributed by atoms with Crippen LogP contribution in [0.2, 0.25) is 0 Å². The van der Waals surface area contributed by atoms with Gasteiger partial charge >= 0.3 is 0 Å². The minimum absolute atomic E-state index is 0.0492. The Hall–Kier alpha value is -0.920. The van der Waals surface area contributed by atoms with E-state index in [1.54, 1.807) is 11.3 Å². The zero-order valence-electron chi connectivity index (χ0n) is 14.1. The molecule has 1 amide bonds. The van der Waals surface area contributed by atoms with E-state index in [9.17, 15) is 13.2 Å². The van der Waals surface area contributed by atoms with Gasteiger partial charge in [0.2, 0.25) is 10.0 Å². The Morgan fingerprint density at radius 3 is 2.52 bits per heavy atom. The van der Waals surface area contributed by atoms with Gasteiger partial charge in [0.05, 0.1) is 10.6 Å². The third kappa shape index (κ3) is 4.78. The maximum absolute atomic E-state index is 12.6. The molecule has 0 atom stereocenters. The first-order valence-corrected chi connectivity index (χ1v) is 10.7. The molecule has 1 fully saturated rings. The van der Waals surface area contributed by atoms with Crippen LogP contribution < -0.4 is 4.72 Å². The number of carbonyl (C=O) groups excluding carboxylic acids is 1. The first kappa shape index (κ1) is 18.4. The van der Waals surface area contributed by atoms with Gasteiger partial charge in [0.25, 0.3) is 5.91 Å². The van der Waals surface area contributed by atoms with E-state index < -0.39 is 10.0 Å². The highest BCUT2D eigenvalue weighted by molar-refractivity contribution is 7.89. The average Bonchev–Trinajstić information content (AvgIpc) is 2.88. The van der Waals surface area contributed by atoms with E-state index in [0.717, 1.165) is 11.3 Å². The zero-order valence-corrected chi connectivity index (χ0v) is 15.7. The highest BCUT2D eigenvalue weighted by Crippen LogP contribution is 2.24. The van der Waals surface area contributed by atoms with Gasteiger partial charge < -0.3 is 4.90 Å². The van der Waals surface area contributed by atoms with Crippen LogP contribution >= 0.6 is 11.3 Å². The fraction of sp³-hybridized carbons (Fsp3) is 0.688. The van der Waals surface area contributed by atoms with E-state index in [1.165, 1.54) is 10.4 Å². The van der Waals surface area contributed by atoms with Crippen molar-refractivity contribution < 1.29 is 13.2 Å². The molecule has 0 aliphatic carbocycles. The number of rotatable bonds is 6. The first-order valence-electron chi connectivity index (χ1n) is 8.24. The van der Waals surface area contributed by atoms with Crippen molar-refractivity contribution in [2.24, 2.45) is 0 Å². The second-order valence-electron chi connectivity index (χ2n) is 6.05. The molecule has 2 heterocycles. The molecule has 7 heteroatoms. The van der Waals surface area contributed by atoms with E-state index in [2.05, 4.69) is 18.6 Å². The fourth-order valence-electron chi connectivity index (χ4n) is 2.91. The third-order valence-corrected chi connectivity index (χ3v) is 6.93. The van der Waals surface area contributed by atoms with Crippen LogP contribution in [0.4, 0.5) is 0 Å². The van der Waals surface area contributed by atoms with Crippen molar-refractivity contribution in [2.75, 3.05) is 18.8 Å². The average molecular weight is 359 g/mol. The van der Waals surface area contributed by atoms with Gasteiger partial charge in [-0.05, 0) is 44.2 Å². The number of likely N-dealkylation sites (tertiary alicyclic amines) is 1. The standard InChI is InChI=1S/C16H26N2O3S2/c1-4-10-23(20,21)17-14-6-8-18(9-7-14)16(19)15-11-13(5-2)12(3)22-15/h11,14,17H,4-10H2,1-3H3. The topological polar surface area (TPSA) is 66.5 Å². The number of hydrogen-bond donors (Lipinski definition) is 1. The summed E-state index contributed by atoms with van der Waals surface area (Å²) in [4.78, 5) is 16.4. The Balaban J connectivity index is 1.92. The van der Waals surface area contributed by atoms with Gasteiger partial charge in [0, 0.05) is 24.0 Å². The smallest absolute Gasteiger partial charge is 0.263 e. The molecule has 0 unspecified atom stereocenters. The Bertz CT molecular complexity index is 644. The molecule has 1 aliphatic heterocycles. The minimum atomic E-state index is -3.18. The quantitative estimate of drug-likeness (QED) is 0.850. The molecule has 1 aromatic rings. The Morgan fingerprint density at radius 1 is 1.35 bits per heavy atom. The second-order valence-corrected chi connectivity index (χ2v) is 9.18. The van der Waals surface area contributed by atoms with Crippen molar-refractivity contribution in [1.82, 2.24) is 9.62 Å². The second kappa shape index (κ2) is 7.77. The van der Waals surface area contributed by atoms with Crippen LogP contribution in [0.5, 0.6) is 0 Å². The fourth-order valence-corrected chi connectivity index (χ4v) is 5.39. The third-order valence-electron chi connectivity index (χ3n) is 4.21. The zero-order chi connectivity index (χ0) is 17.0. The molecule has 0 radical (unpaired) electrons. The Labute approximate surface area is 143 Å². The van der Waals surface area contributed by atoms with Gasteiger partial charge in [-0.25, -0.2) is 13.1 Å². The summed E-state index contributed by atoms with van der Waals surface area (Å²) in [6.45, 7) is 7.22. The lowest BCUT2D eigenvalue weighted by Gasteiger charge is -2.32. The van der Waals surface area contributed by atoms with Gasteiger partial charge in [0.15, 0.2) is 0 Å². The van der Waals surface area contributed by atoms with Crippen LogP contribution in [0.25, 0.3) is 0 Å². The van der Waals surface area contributed by atoms with Crippen LogP contribution in [0.1, 0.15) is 53.2 Å². The van der Waals surface area contributed by atoms with E-state index >= 15 is 0 Å². The molecule has 1 N–H and O–H groups in total. The molecule has 130 valence electrons. The van der Waals surface area contributed by atoms with Crippen LogP contribution in [-0.4, -0.2) is 44.1 Å². The summed E-state index contributed by atoms with van der Waals surface area (Å²) < 4.78 is 26.4. The highest BCUT2D eigenvalue weighted by Gasteiger charge is 2.27. The molecule has 1 saturated heterocycles. The van der Waals surface area contributed by atoms with Crippen LogP contribution in [-0.2, 0) is 16.4 Å². The van der Waals surface area contributed by atoms with Crippen LogP contribution in [0, 0.1) is 6.92 Å². The maximum Gasteiger partial charge on any atom is 0.263 e. The van der Waals surface area contributed by atoms with Crippen molar-refractivity contribution >= 4 is 27.3 Å². The number of piperidine rings is 1. The summed E-state index contributed by atoms with van der Waals surface area (Å²) in [6, 6.07) is 1.95. The molecule has 0 bridgehead atoms. The maximum atomic E-state index is 12.6. The van der Waals surface area contributed by atoms with Crippen molar-refractivity contribution in [2.45, 2.75) is 52.5 Å². The molecule has 0 aromatic carbocycles. The first-order chi connectivity index (χ1) is 10.9. The van der Waals surface area contributed by atoms with Crippen molar-refractivity contribution in [3.63, 3.8) is 0 Å².